The zero-order valence-electron chi connectivity index (χ0n) is 8.69. The SMILES string of the molecule is ClCc1c(-c2ccccc2)nc2n1CCS2. The Hall–Kier alpha value is -0.930. The Balaban J connectivity index is 2.15. The van der Waals surface area contributed by atoms with Gasteiger partial charge in [-0.2, -0.15) is 0 Å². The Morgan fingerprint density at radius 3 is 2.88 bits per heavy atom. The van der Waals surface area contributed by atoms with Crippen LogP contribution in [0, 0.1) is 0 Å². The van der Waals surface area contributed by atoms with Crippen molar-refractivity contribution in [2.24, 2.45) is 0 Å². The van der Waals surface area contributed by atoms with Gasteiger partial charge in [0.2, 0.25) is 0 Å². The van der Waals surface area contributed by atoms with Gasteiger partial charge in [0.15, 0.2) is 5.16 Å². The second-order valence-electron chi connectivity index (χ2n) is 3.69. The van der Waals surface area contributed by atoms with E-state index < -0.39 is 0 Å². The number of alkyl halides is 1. The molecule has 0 unspecified atom stereocenters. The minimum absolute atomic E-state index is 0.526. The number of thioether (sulfide) groups is 1. The van der Waals surface area contributed by atoms with Gasteiger partial charge >= 0.3 is 0 Å². The molecule has 2 heterocycles. The van der Waals surface area contributed by atoms with Crippen molar-refractivity contribution in [3.63, 3.8) is 0 Å². The van der Waals surface area contributed by atoms with Gasteiger partial charge in [-0.05, 0) is 0 Å². The summed E-state index contributed by atoms with van der Waals surface area (Å²) in [6.45, 7) is 1.03. The Labute approximate surface area is 104 Å². The van der Waals surface area contributed by atoms with E-state index in [4.69, 9.17) is 11.6 Å². The highest BCUT2D eigenvalue weighted by Gasteiger charge is 2.21. The van der Waals surface area contributed by atoms with Crippen LogP contribution in [0.3, 0.4) is 0 Å². The summed E-state index contributed by atoms with van der Waals surface area (Å²) in [6.07, 6.45) is 0. The third kappa shape index (κ3) is 1.55. The fraction of sp³-hybridized carbons (Fsp3) is 0.250. The standard InChI is InChI=1S/C12H11ClN2S/c13-8-10-11(9-4-2-1-3-5-9)14-12-15(10)6-7-16-12/h1-5H,6-8H2. The predicted molar refractivity (Wildman–Crippen MR) is 67.9 cm³/mol. The smallest absolute Gasteiger partial charge is 0.168 e. The summed E-state index contributed by atoms with van der Waals surface area (Å²) in [6, 6.07) is 10.2. The number of fused-ring (bicyclic) bond motifs is 1. The number of hydrogen-bond acceptors (Lipinski definition) is 2. The molecule has 0 amide bonds. The molecular formula is C12H11ClN2S. The molecule has 0 atom stereocenters. The molecule has 1 aromatic heterocycles. The highest BCUT2D eigenvalue weighted by atomic mass is 35.5. The van der Waals surface area contributed by atoms with Crippen LogP contribution in [-0.2, 0) is 12.4 Å². The van der Waals surface area contributed by atoms with Crippen molar-refractivity contribution in [3.8, 4) is 11.3 Å². The summed E-state index contributed by atoms with van der Waals surface area (Å²) < 4.78 is 2.24. The van der Waals surface area contributed by atoms with E-state index >= 15 is 0 Å². The summed E-state index contributed by atoms with van der Waals surface area (Å²) in [5.74, 6) is 1.64. The van der Waals surface area contributed by atoms with E-state index in [1.165, 1.54) is 0 Å². The van der Waals surface area contributed by atoms with Crippen LogP contribution in [0.5, 0.6) is 0 Å². The van der Waals surface area contributed by atoms with E-state index in [9.17, 15) is 0 Å². The van der Waals surface area contributed by atoms with Crippen molar-refractivity contribution in [3.05, 3.63) is 36.0 Å². The van der Waals surface area contributed by atoms with Crippen molar-refractivity contribution in [1.29, 1.82) is 0 Å². The first-order valence-electron chi connectivity index (χ1n) is 5.23. The first-order valence-corrected chi connectivity index (χ1v) is 6.76. The normalized spacial score (nSPS) is 14.1. The van der Waals surface area contributed by atoms with E-state index in [-0.39, 0.29) is 0 Å². The lowest BCUT2D eigenvalue weighted by Gasteiger charge is -2.03. The molecule has 0 saturated carbocycles. The van der Waals surface area contributed by atoms with Crippen LogP contribution in [-0.4, -0.2) is 15.3 Å². The Morgan fingerprint density at radius 1 is 1.31 bits per heavy atom. The van der Waals surface area contributed by atoms with Crippen LogP contribution >= 0.6 is 23.4 Å². The zero-order valence-corrected chi connectivity index (χ0v) is 10.3. The van der Waals surface area contributed by atoms with Crippen LogP contribution in [0.25, 0.3) is 11.3 Å². The van der Waals surface area contributed by atoms with Crippen molar-refractivity contribution < 1.29 is 0 Å². The largest absolute Gasteiger partial charge is 0.320 e. The molecule has 4 heteroatoms. The lowest BCUT2D eigenvalue weighted by molar-refractivity contribution is 0.695. The molecule has 1 aromatic carbocycles. The Bertz CT molecular complexity index is 507. The highest BCUT2D eigenvalue weighted by molar-refractivity contribution is 7.99. The molecule has 0 N–H and O–H groups in total. The lowest BCUT2D eigenvalue weighted by Crippen LogP contribution is -1.99. The summed E-state index contributed by atoms with van der Waals surface area (Å²) in [5.41, 5.74) is 3.34. The fourth-order valence-corrected chi connectivity index (χ4v) is 3.24. The first-order chi connectivity index (χ1) is 7.90. The average Bonchev–Trinajstić information content (AvgIpc) is 2.89. The number of halogens is 1. The van der Waals surface area contributed by atoms with Crippen molar-refractivity contribution in [2.75, 3.05) is 5.75 Å². The maximum Gasteiger partial charge on any atom is 0.168 e. The maximum absolute atomic E-state index is 6.04. The minimum Gasteiger partial charge on any atom is -0.320 e. The fourth-order valence-electron chi connectivity index (χ4n) is 2.00. The highest BCUT2D eigenvalue weighted by Crippen LogP contribution is 2.33. The molecule has 2 aromatic rings. The molecule has 0 spiro atoms. The van der Waals surface area contributed by atoms with E-state index in [0.29, 0.717) is 5.88 Å². The van der Waals surface area contributed by atoms with E-state index in [1.807, 2.05) is 18.2 Å². The molecule has 0 fully saturated rings. The van der Waals surface area contributed by atoms with E-state index in [1.54, 1.807) is 11.8 Å². The Kier molecular flexibility index (Phi) is 2.65. The molecular weight excluding hydrogens is 240 g/mol. The number of hydrogen-bond donors (Lipinski definition) is 0. The maximum atomic E-state index is 6.04. The van der Waals surface area contributed by atoms with Crippen molar-refractivity contribution >= 4 is 23.4 Å². The van der Waals surface area contributed by atoms with Crippen LogP contribution in [0.15, 0.2) is 35.5 Å². The summed E-state index contributed by atoms with van der Waals surface area (Å²) in [5, 5.41) is 1.11. The van der Waals surface area contributed by atoms with Crippen LogP contribution in [0.1, 0.15) is 5.69 Å². The number of aromatic nitrogens is 2. The number of benzene rings is 1. The molecule has 0 radical (unpaired) electrons. The summed E-state index contributed by atoms with van der Waals surface area (Å²) in [4.78, 5) is 4.67. The van der Waals surface area contributed by atoms with Gasteiger partial charge < -0.3 is 4.57 Å². The van der Waals surface area contributed by atoms with E-state index in [0.717, 1.165) is 34.4 Å². The van der Waals surface area contributed by atoms with Crippen LogP contribution in [0.2, 0.25) is 0 Å². The molecule has 1 aliphatic rings. The molecule has 16 heavy (non-hydrogen) atoms. The van der Waals surface area contributed by atoms with Gasteiger partial charge in [-0.15, -0.1) is 11.6 Å². The molecule has 3 rings (SSSR count). The summed E-state index contributed by atoms with van der Waals surface area (Å²) in [7, 11) is 0. The van der Waals surface area contributed by atoms with Crippen molar-refractivity contribution in [2.45, 2.75) is 17.6 Å². The number of nitrogens with zero attached hydrogens (tertiary/aromatic N) is 2. The predicted octanol–water partition coefficient (Wildman–Crippen LogP) is 3.39. The van der Waals surface area contributed by atoms with Crippen LogP contribution in [0.4, 0.5) is 0 Å². The molecule has 82 valence electrons. The van der Waals surface area contributed by atoms with Gasteiger partial charge in [0, 0.05) is 17.9 Å². The van der Waals surface area contributed by atoms with E-state index in [2.05, 4.69) is 21.7 Å². The van der Waals surface area contributed by atoms with Gasteiger partial charge in [0.1, 0.15) is 0 Å². The topological polar surface area (TPSA) is 17.8 Å². The third-order valence-corrected chi connectivity index (χ3v) is 3.97. The zero-order chi connectivity index (χ0) is 11.0. The van der Waals surface area contributed by atoms with Gasteiger partial charge in [0.05, 0.1) is 17.3 Å². The van der Waals surface area contributed by atoms with Crippen molar-refractivity contribution in [1.82, 2.24) is 9.55 Å². The molecule has 0 bridgehead atoms. The Morgan fingerprint density at radius 2 is 2.12 bits per heavy atom. The molecule has 2 nitrogen and oxygen atoms in total. The molecule has 0 saturated heterocycles. The third-order valence-electron chi connectivity index (χ3n) is 2.76. The number of rotatable bonds is 2. The minimum atomic E-state index is 0.526. The van der Waals surface area contributed by atoms with Gasteiger partial charge in [-0.25, -0.2) is 4.98 Å². The second kappa shape index (κ2) is 4.15. The monoisotopic (exact) mass is 250 g/mol. The van der Waals surface area contributed by atoms with Gasteiger partial charge in [-0.3, -0.25) is 0 Å². The quantitative estimate of drug-likeness (QED) is 0.761. The first kappa shape index (κ1) is 10.2. The van der Waals surface area contributed by atoms with Gasteiger partial charge in [-0.1, -0.05) is 42.1 Å². The summed E-state index contributed by atoms with van der Waals surface area (Å²) >= 11 is 7.84. The second-order valence-corrected chi connectivity index (χ2v) is 5.02. The molecule has 0 aliphatic carbocycles. The lowest BCUT2D eigenvalue weighted by atomic mass is 10.1. The average molecular weight is 251 g/mol. The number of imidazole rings is 1. The molecule has 1 aliphatic heterocycles. The van der Waals surface area contributed by atoms with Gasteiger partial charge in [0.25, 0.3) is 0 Å². The van der Waals surface area contributed by atoms with Crippen LogP contribution < -0.4 is 0 Å².